The van der Waals surface area contributed by atoms with Crippen LogP contribution >= 0.6 is 11.6 Å². The van der Waals surface area contributed by atoms with Gasteiger partial charge in [-0.2, -0.15) is 0 Å². The van der Waals surface area contributed by atoms with Gasteiger partial charge in [-0.1, -0.05) is 11.6 Å². The second kappa shape index (κ2) is 5.21. The van der Waals surface area contributed by atoms with E-state index < -0.39 is 10.0 Å². The van der Waals surface area contributed by atoms with Crippen LogP contribution in [0.25, 0.3) is 0 Å². The number of benzene rings is 2. The molecule has 120 valence electrons. The average molecular weight is 354 g/mol. The molecule has 0 spiro atoms. The average Bonchev–Trinajstić information content (AvgIpc) is 3.01. The molecule has 0 unspecified atom stereocenters. The predicted molar refractivity (Wildman–Crippen MR) is 84.0 cm³/mol. The Hall–Kier alpha value is -2.12. The molecule has 0 radical (unpaired) electrons. The highest BCUT2D eigenvalue weighted by molar-refractivity contribution is 7.92. The predicted octanol–water partition coefficient (Wildman–Crippen LogP) is 2.66. The van der Waals surface area contributed by atoms with Crippen LogP contribution in [0.4, 0.5) is 5.69 Å². The lowest BCUT2D eigenvalue weighted by molar-refractivity contribution is 0.174. The molecule has 0 N–H and O–H groups in total. The molecule has 8 heteroatoms. The maximum Gasteiger partial charge on any atom is 0.264 e. The third-order valence-corrected chi connectivity index (χ3v) is 5.72. The second-order valence-corrected chi connectivity index (χ2v) is 7.35. The van der Waals surface area contributed by atoms with Gasteiger partial charge in [0, 0.05) is 11.1 Å². The molecule has 0 amide bonds. The van der Waals surface area contributed by atoms with Crippen molar-refractivity contribution >= 4 is 27.3 Å². The summed E-state index contributed by atoms with van der Waals surface area (Å²) in [4.78, 5) is 0.134. The zero-order chi connectivity index (χ0) is 16.0. The highest BCUT2D eigenvalue weighted by Crippen LogP contribution is 2.39. The smallest absolute Gasteiger partial charge is 0.264 e. The summed E-state index contributed by atoms with van der Waals surface area (Å²) in [5.41, 5.74) is 0.432. The van der Waals surface area contributed by atoms with Crippen LogP contribution in [0, 0.1) is 0 Å². The van der Waals surface area contributed by atoms with E-state index in [1.807, 2.05) is 0 Å². The van der Waals surface area contributed by atoms with Gasteiger partial charge in [0.2, 0.25) is 6.79 Å². The Bertz CT molecular complexity index is 883. The maximum absolute atomic E-state index is 13.0. The molecule has 0 aliphatic carbocycles. The molecule has 2 aliphatic rings. The van der Waals surface area contributed by atoms with E-state index in [0.717, 1.165) is 0 Å². The fourth-order valence-corrected chi connectivity index (χ4v) is 4.21. The van der Waals surface area contributed by atoms with E-state index in [2.05, 4.69) is 0 Å². The van der Waals surface area contributed by atoms with E-state index in [-0.39, 0.29) is 24.8 Å². The molecule has 2 aromatic rings. The number of anilines is 1. The largest absolute Gasteiger partial charge is 0.489 e. The molecule has 6 nitrogen and oxygen atoms in total. The summed E-state index contributed by atoms with van der Waals surface area (Å²) in [5, 5.41) is 0.445. The first kappa shape index (κ1) is 14.5. The minimum absolute atomic E-state index is 0.0921. The van der Waals surface area contributed by atoms with Crippen LogP contribution in [-0.4, -0.2) is 28.4 Å². The lowest BCUT2D eigenvalue weighted by Crippen LogP contribution is -2.37. The monoisotopic (exact) mass is 353 g/mol. The van der Waals surface area contributed by atoms with Crippen molar-refractivity contribution in [3.63, 3.8) is 0 Å². The summed E-state index contributed by atoms with van der Waals surface area (Å²) in [7, 11) is -3.75. The number of hydrogen-bond donors (Lipinski definition) is 0. The van der Waals surface area contributed by atoms with E-state index in [0.29, 0.717) is 28.0 Å². The quantitative estimate of drug-likeness (QED) is 0.830. The summed E-state index contributed by atoms with van der Waals surface area (Å²) < 4.78 is 43.3. The van der Waals surface area contributed by atoms with Crippen LogP contribution < -0.4 is 18.5 Å². The van der Waals surface area contributed by atoms with E-state index >= 15 is 0 Å². The summed E-state index contributed by atoms with van der Waals surface area (Å²) in [6.45, 7) is 0.581. The Morgan fingerprint density at radius 3 is 2.61 bits per heavy atom. The van der Waals surface area contributed by atoms with Crippen molar-refractivity contribution in [2.24, 2.45) is 0 Å². The summed E-state index contributed by atoms with van der Waals surface area (Å²) >= 11 is 6.00. The van der Waals surface area contributed by atoms with E-state index in [1.165, 1.54) is 16.4 Å². The first-order valence-electron chi connectivity index (χ1n) is 6.90. The van der Waals surface area contributed by atoms with E-state index in [4.69, 9.17) is 25.8 Å². The minimum Gasteiger partial charge on any atom is -0.489 e. The van der Waals surface area contributed by atoms with Gasteiger partial charge in [0.1, 0.15) is 12.4 Å². The molecule has 2 aromatic carbocycles. The zero-order valence-corrected chi connectivity index (χ0v) is 13.4. The highest BCUT2D eigenvalue weighted by atomic mass is 35.5. The van der Waals surface area contributed by atoms with Crippen LogP contribution in [0.3, 0.4) is 0 Å². The molecule has 2 aliphatic heterocycles. The van der Waals surface area contributed by atoms with Crippen LogP contribution in [0.15, 0.2) is 41.3 Å². The van der Waals surface area contributed by atoms with Crippen molar-refractivity contribution in [2.45, 2.75) is 4.90 Å². The van der Waals surface area contributed by atoms with Crippen molar-refractivity contribution in [1.29, 1.82) is 0 Å². The van der Waals surface area contributed by atoms with Gasteiger partial charge in [-0.3, -0.25) is 4.31 Å². The number of fused-ring (bicyclic) bond motifs is 2. The summed E-state index contributed by atoms with van der Waals surface area (Å²) in [6, 6.07) is 9.48. The third kappa shape index (κ3) is 2.36. The van der Waals surface area contributed by atoms with Crippen molar-refractivity contribution < 1.29 is 22.6 Å². The Morgan fingerprint density at radius 2 is 1.74 bits per heavy atom. The molecule has 23 heavy (non-hydrogen) atoms. The van der Waals surface area contributed by atoms with Gasteiger partial charge in [0.15, 0.2) is 11.5 Å². The van der Waals surface area contributed by atoms with Gasteiger partial charge in [0.05, 0.1) is 17.1 Å². The minimum atomic E-state index is -3.75. The number of sulfonamides is 1. The molecular weight excluding hydrogens is 342 g/mol. The van der Waals surface area contributed by atoms with Crippen molar-refractivity contribution in [1.82, 2.24) is 0 Å². The summed E-state index contributed by atoms with van der Waals surface area (Å²) in [5.74, 6) is 1.45. The Balaban J connectivity index is 1.80. The summed E-state index contributed by atoms with van der Waals surface area (Å²) in [6.07, 6.45) is 0. The number of hydrogen-bond acceptors (Lipinski definition) is 5. The molecule has 0 fully saturated rings. The normalized spacial score (nSPS) is 16.0. The second-order valence-electron chi connectivity index (χ2n) is 5.05. The molecule has 0 aromatic heterocycles. The molecule has 0 saturated heterocycles. The molecule has 0 bridgehead atoms. The van der Waals surface area contributed by atoms with Crippen molar-refractivity contribution in [3.8, 4) is 17.2 Å². The van der Waals surface area contributed by atoms with Gasteiger partial charge in [-0.15, -0.1) is 0 Å². The van der Waals surface area contributed by atoms with Gasteiger partial charge >= 0.3 is 0 Å². The maximum atomic E-state index is 13.0. The number of rotatable bonds is 2. The van der Waals surface area contributed by atoms with E-state index in [9.17, 15) is 8.42 Å². The number of nitrogens with zero attached hydrogens (tertiary/aromatic N) is 1. The fourth-order valence-electron chi connectivity index (χ4n) is 2.58. The Morgan fingerprint density at radius 1 is 0.957 bits per heavy atom. The molecule has 0 saturated carbocycles. The van der Waals surface area contributed by atoms with Gasteiger partial charge < -0.3 is 14.2 Å². The number of halogens is 1. The lowest BCUT2D eigenvalue weighted by atomic mass is 10.2. The molecular formula is C15H12ClNO5S. The molecule has 2 heterocycles. The first-order valence-corrected chi connectivity index (χ1v) is 8.72. The Kier molecular flexibility index (Phi) is 3.28. The van der Waals surface area contributed by atoms with Crippen LogP contribution in [0.1, 0.15) is 0 Å². The molecule has 0 atom stereocenters. The van der Waals surface area contributed by atoms with Crippen molar-refractivity contribution in [2.75, 3.05) is 24.2 Å². The first-order chi connectivity index (χ1) is 11.1. The molecule has 4 rings (SSSR count). The third-order valence-electron chi connectivity index (χ3n) is 3.67. The fraction of sp³-hybridized carbons (Fsp3) is 0.200. The topological polar surface area (TPSA) is 65.1 Å². The Labute approximate surface area is 138 Å². The van der Waals surface area contributed by atoms with Crippen LogP contribution in [0.5, 0.6) is 17.2 Å². The van der Waals surface area contributed by atoms with Crippen molar-refractivity contribution in [3.05, 3.63) is 41.4 Å². The SMILES string of the molecule is O=S(=O)(c1ccc2c(c1)OCO2)N1CCOc2ccc(Cl)cc21. The van der Waals surface area contributed by atoms with Gasteiger partial charge in [0.25, 0.3) is 10.0 Å². The van der Waals surface area contributed by atoms with Crippen LogP contribution in [-0.2, 0) is 10.0 Å². The van der Waals surface area contributed by atoms with Crippen LogP contribution in [0.2, 0.25) is 5.02 Å². The standard InChI is InChI=1S/C15H12ClNO5S/c16-10-1-3-13-12(7-10)17(5-6-20-13)23(18,19)11-2-4-14-15(8-11)22-9-21-14/h1-4,7-8H,5-6,9H2. The van der Waals surface area contributed by atoms with E-state index in [1.54, 1.807) is 24.3 Å². The van der Waals surface area contributed by atoms with Gasteiger partial charge in [-0.25, -0.2) is 8.42 Å². The van der Waals surface area contributed by atoms with Gasteiger partial charge in [-0.05, 0) is 30.3 Å². The number of ether oxygens (including phenoxy) is 3. The lowest BCUT2D eigenvalue weighted by Gasteiger charge is -2.30. The highest BCUT2D eigenvalue weighted by Gasteiger charge is 2.31. The zero-order valence-electron chi connectivity index (χ0n) is 11.9.